The number of nitrogens with two attached hydrogens (primary N) is 1. The Labute approximate surface area is 242 Å². The van der Waals surface area contributed by atoms with E-state index in [1.807, 2.05) is 57.2 Å². The van der Waals surface area contributed by atoms with E-state index in [9.17, 15) is 4.79 Å². The van der Waals surface area contributed by atoms with Crippen molar-refractivity contribution in [2.24, 2.45) is 0 Å². The molecule has 5 rings (SSSR count). The maximum Gasteiger partial charge on any atom is 0.411 e. The molecule has 210 valence electrons. The van der Waals surface area contributed by atoms with Crippen molar-refractivity contribution < 1.29 is 19.0 Å². The predicted molar refractivity (Wildman–Crippen MR) is 155 cm³/mol. The van der Waals surface area contributed by atoms with E-state index in [0.29, 0.717) is 46.6 Å². The SMILES string of the molecule is COc1cc(-c2cc(C3CCC(Cl)N(C(=O)OC(C)(C)C)C3)n3ncnc(N)c23)ccc1Oc1cccc(Cl)c1. The maximum absolute atomic E-state index is 12.9. The molecule has 0 bridgehead atoms. The Kier molecular flexibility index (Phi) is 7.70. The number of halogens is 2. The molecule has 2 aromatic carbocycles. The highest BCUT2D eigenvalue weighted by Crippen LogP contribution is 2.41. The van der Waals surface area contributed by atoms with Crippen LogP contribution in [0.25, 0.3) is 16.6 Å². The van der Waals surface area contributed by atoms with Crippen molar-refractivity contribution in [3.05, 3.63) is 65.6 Å². The third kappa shape index (κ3) is 5.76. The number of rotatable bonds is 5. The van der Waals surface area contributed by atoms with Gasteiger partial charge in [0.2, 0.25) is 0 Å². The van der Waals surface area contributed by atoms with Crippen molar-refractivity contribution >= 4 is 40.6 Å². The van der Waals surface area contributed by atoms with E-state index < -0.39 is 17.2 Å². The van der Waals surface area contributed by atoms with Gasteiger partial charge in [-0.05, 0) is 75.6 Å². The number of benzene rings is 2. The van der Waals surface area contributed by atoms with E-state index >= 15 is 0 Å². The standard InChI is InChI=1S/C29H31Cl2N5O4/c1-29(2,3)40-28(37)35-15-18(9-11-25(35)31)22-14-21(26-27(32)33-16-34-36(22)26)17-8-10-23(24(12-17)38-4)39-20-7-5-6-19(30)13-20/h5-8,10,12-14,16,18,25H,9,11,15H2,1-4H3,(H2,32,33,34). The zero-order valence-corrected chi connectivity index (χ0v) is 24.2. The van der Waals surface area contributed by atoms with Crippen molar-refractivity contribution in [2.45, 2.75) is 50.6 Å². The second-order valence-electron chi connectivity index (χ2n) is 10.7. The van der Waals surface area contributed by atoms with Crippen LogP contribution >= 0.6 is 23.2 Å². The van der Waals surface area contributed by atoms with E-state index in [2.05, 4.69) is 10.1 Å². The van der Waals surface area contributed by atoms with Gasteiger partial charge in [0.25, 0.3) is 0 Å². The average Bonchev–Trinajstić information content (AvgIpc) is 3.29. The molecule has 1 aliphatic rings. The van der Waals surface area contributed by atoms with Crippen LogP contribution in [-0.2, 0) is 4.74 Å². The number of anilines is 1. The summed E-state index contributed by atoms with van der Waals surface area (Å²) in [6, 6.07) is 14.8. The van der Waals surface area contributed by atoms with Gasteiger partial charge in [0.05, 0.1) is 7.11 Å². The number of carbonyl (C=O) groups excluding carboxylic acids is 1. The first-order chi connectivity index (χ1) is 19.0. The normalized spacial score (nSPS) is 17.6. The second kappa shape index (κ2) is 11.1. The van der Waals surface area contributed by atoms with Gasteiger partial charge >= 0.3 is 6.09 Å². The Hall–Kier alpha value is -3.69. The molecule has 40 heavy (non-hydrogen) atoms. The number of nitrogens with zero attached hydrogens (tertiary/aromatic N) is 4. The Morgan fingerprint density at radius 1 is 1.10 bits per heavy atom. The Balaban J connectivity index is 1.51. The maximum atomic E-state index is 12.9. The number of nitrogen functional groups attached to an aromatic ring is 1. The molecule has 11 heteroatoms. The molecular formula is C29H31Cl2N5O4. The molecule has 0 saturated carbocycles. The monoisotopic (exact) mass is 583 g/mol. The average molecular weight is 585 g/mol. The Morgan fingerprint density at radius 3 is 2.62 bits per heavy atom. The number of likely N-dealkylation sites (tertiary alicyclic amines) is 1. The predicted octanol–water partition coefficient (Wildman–Crippen LogP) is 7.11. The van der Waals surface area contributed by atoms with Crippen molar-refractivity contribution in [3.8, 4) is 28.4 Å². The fourth-order valence-corrected chi connectivity index (χ4v) is 5.33. The van der Waals surface area contributed by atoms with E-state index in [-0.39, 0.29) is 5.92 Å². The molecule has 2 atom stereocenters. The number of methoxy groups -OCH3 is 1. The van der Waals surface area contributed by atoms with Crippen molar-refractivity contribution in [1.82, 2.24) is 19.5 Å². The minimum atomic E-state index is -0.626. The summed E-state index contributed by atoms with van der Waals surface area (Å²) in [6.07, 6.45) is 2.36. The molecule has 9 nitrogen and oxygen atoms in total. The summed E-state index contributed by atoms with van der Waals surface area (Å²) in [5.41, 5.74) is 8.54. The lowest BCUT2D eigenvalue weighted by Crippen LogP contribution is -2.46. The molecule has 2 aromatic heterocycles. The molecule has 1 amide bonds. The molecule has 0 spiro atoms. The van der Waals surface area contributed by atoms with Gasteiger partial charge in [-0.25, -0.2) is 14.3 Å². The van der Waals surface area contributed by atoms with E-state index in [4.69, 9.17) is 43.1 Å². The highest BCUT2D eigenvalue weighted by molar-refractivity contribution is 6.30. The molecule has 1 saturated heterocycles. The molecule has 3 heterocycles. The summed E-state index contributed by atoms with van der Waals surface area (Å²) in [4.78, 5) is 18.8. The number of fused-ring (bicyclic) bond motifs is 1. The number of alkyl halides is 1. The molecule has 0 radical (unpaired) electrons. The third-order valence-corrected chi connectivity index (χ3v) is 7.35. The van der Waals surface area contributed by atoms with Crippen LogP contribution in [0, 0.1) is 0 Å². The summed E-state index contributed by atoms with van der Waals surface area (Å²) >= 11 is 12.7. The Morgan fingerprint density at radius 2 is 1.90 bits per heavy atom. The zero-order chi connectivity index (χ0) is 28.6. The quantitative estimate of drug-likeness (QED) is 0.197. The van der Waals surface area contributed by atoms with Crippen LogP contribution < -0.4 is 15.2 Å². The molecule has 1 aliphatic heterocycles. The van der Waals surface area contributed by atoms with Gasteiger partial charge in [-0.1, -0.05) is 35.3 Å². The smallest absolute Gasteiger partial charge is 0.411 e. The largest absolute Gasteiger partial charge is 0.493 e. The number of hydrogen-bond donors (Lipinski definition) is 1. The molecule has 0 aliphatic carbocycles. The van der Waals surface area contributed by atoms with Crippen LogP contribution in [0.1, 0.15) is 45.2 Å². The lowest BCUT2D eigenvalue weighted by molar-refractivity contribution is 0.0158. The van der Waals surface area contributed by atoms with Gasteiger partial charge in [-0.2, -0.15) is 5.10 Å². The van der Waals surface area contributed by atoms with Crippen molar-refractivity contribution in [1.29, 1.82) is 0 Å². The first kappa shape index (κ1) is 27.9. The lowest BCUT2D eigenvalue weighted by atomic mass is 9.94. The second-order valence-corrected chi connectivity index (χ2v) is 11.6. The van der Waals surface area contributed by atoms with Gasteiger partial charge in [-0.3, -0.25) is 4.90 Å². The van der Waals surface area contributed by atoms with E-state index in [0.717, 1.165) is 23.2 Å². The van der Waals surface area contributed by atoms with Gasteiger partial charge in [0.1, 0.15) is 28.7 Å². The summed E-state index contributed by atoms with van der Waals surface area (Å²) in [6.45, 7) is 5.89. The van der Waals surface area contributed by atoms with Gasteiger partial charge < -0.3 is 19.9 Å². The fourth-order valence-electron chi connectivity index (χ4n) is 4.87. The lowest BCUT2D eigenvalue weighted by Gasteiger charge is -2.37. The summed E-state index contributed by atoms with van der Waals surface area (Å²) in [5, 5.41) is 5.10. The zero-order valence-electron chi connectivity index (χ0n) is 22.7. The fraction of sp³-hybridized carbons (Fsp3) is 0.345. The van der Waals surface area contributed by atoms with Crippen LogP contribution in [0.5, 0.6) is 17.2 Å². The summed E-state index contributed by atoms with van der Waals surface area (Å²) in [7, 11) is 1.58. The highest BCUT2D eigenvalue weighted by atomic mass is 35.5. The van der Waals surface area contributed by atoms with Gasteiger partial charge in [0, 0.05) is 28.7 Å². The molecular weight excluding hydrogens is 553 g/mol. The number of piperidine rings is 1. The minimum Gasteiger partial charge on any atom is -0.493 e. The van der Waals surface area contributed by atoms with Crippen molar-refractivity contribution in [2.75, 3.05) is 19.4 Å². The topological polar surface area (TPSA) is 104 Å². The molecule has 2 unspecified atom stereocenters. The number of hydrogen-bond acceptors (Lipinski definition) is 7. The van der Waals surface area contributed by atoms with E-state index in [1.165, 1.54) is 6.33 Å². The van der Waals surface area contributed by atoms with Crippen molar-refractivity contribution in [3.63, 3.8) is 0 Å². The number of ether oxygens (including phenoxy) is 3. The van der Waals surface area contributed by atoms with Crippen LogP contribution in [0.2, 0.25) is 5.02 Å². The van der Waals surface area contributed by atoms with Crippen LogP contribution in [-0.4, -0.2) is 50.3 Å². The number of aromatic nitrogens is 3. The Bertz CT molecular complexity index is 1550. The molecule has 2 N–H and O–H groups in total. The summed E-state index contributed by atoms with van der Waals surface area (Å²) in [5.74, 6) is 1.95. The summed E-state index contributed by atoms with van der Waals surface area (Å²) < 4.78 is 19.1. The first-order valence-corrected chi connectivity index (χ1v) is 13.7. The van der Waals surface area contributed by atoms with E-state index in [1.54, 1.807) is 28.7 Å². The van der Waals surface area contributed by atoms with Crippen LogP contribution in [0.3, 0.4) is 0 Å². The molecule has 1 fully saturated rings. The first-order valence-electron chi connectivity index (χ1n) is 12.9. The minimum absolute atomic E-state index is 0.0506. The van der Waals surface area contributed by atoms with Crippen LogP contribution in [0.4, 0.5) is 10.6 Å². The number of carbonyl (C=O) groups is 1. The van der Waals surface area contributed by atoms with Gasteiger partial charge in [-0.15, -0.1) is 0 Å². The number of amides is 1. The molecule has 4 aromatic rings. The van der Waals surface area contributed by atoms with Crippen LogP contribution in [0.15, 0.2) is 54.9 Å². The third-order valence-electron chi connectivity index (χ3n) is 6.66. The van der Waals surface area contributed by atoms with Gasteiger partial charge in [0.15, 0.2) is 17.3 Å². The highest BCUT2D eigenvalue weighted by Gasteiger charge is 2.35.